The molecule has 82 heavy (non-hydrogen) atoms. The molecule has 0 aliphatic carbocycles. The van der Waals surface area contributed by atoms with Crippen LogP contribution in [-0.4, -0.2) is 39.0 Å². The summed E-state index contributed by atoms with van der Waals surface area (Å²) in [4.78, 5) is 27.9. The maximum atomic E-state index is 6.26. The lowest BCUT2D eigenvalue weighted by Crippen LogP contribution is -2.00. The molecule has 4 aromatic heterocycles. The van der Waals surface area contributed by atoms with Gasteiger partial charge in [-0.2, -0.15) is 9.97 Å². The van der Waals surface area contributed by atoms with Gasteiger partial charge in [0, 0.05) is 65.8 Å². The predicted octanol–water partition coefficient (Wildman–Crippen LogP) is 18.9. The summed E-state index contributed by atoms with van der Waals surface area (Å²) >= 11 is 12.4. The number of fused-ring (bicyclic) bond motifs is 6. The van der Waals surface area contributed by atoms with Crippen molar-refractivity contribution in [3.05, 3.63) is 289 Å². The van der Waals surface area contributed by atoms with Gasteiger partial charge >= 0.3 is 0 Å². The van der Waals surface area contributed by atoms with Gasteiger partial charge in [0.05, 0.1) is 22.1 Å². The molecule has 0 aliphatic heterocycles. The molecule has 0 atom stereocenters. The number of benzene rings is 11. The Morgan fingerprint density at radius 1 is 0.220 bits per heavy atom. The first-order chi connectivity index (χ1) is 40.5. The molecular weight excluding hydrogens is 1050 g/mol. The van der Waals surface area contributed by atoms with Gasteiger partial charge in [-0.1, -0.05) is 206 Å². The van der Waals surface area contributed by atoms with Crippen LogP contribution in [0.2, 0.25) is 10.3 Å². The SMILES string of the molecule is Clc1ccc(-c2nc(-c3ccccc3)nc(-c3ccc(-c4ccc5c(c4)c4ccccc4n5-c4ccccc4)cc3)n2)cc1.Clc1nc(-c2ccccc2)nc(-c2ccc(-c3ccc4c(c3)c3ccccc3n4-c3ccccc3)cc2)n1. The monoisotopic (exact) mass is 1090 g/mol. The van der Waals surface area contributed by atoms with Crippen molar-refractivity contribution < 1.29 is 0 Å². The Morgan fingerprint density at radius 3 is 0.890 bits per heavy atom. The molecule has 388 valence electrons. The molecular formula is C72H46Cl2N8. The van der Waals surface area contributed by atoms with Crippen molar-refractivity contribution in [1.29, 1.82) is 0 Å². The van der Waals surface area contributed by atoms with Crippen molar-refractivity contribution in [2.24, 2.45) is 0 Å². The number of halogens is 2. The highest BCUT2D eigenvalue weighted by Crippen LogP contribution is 2.38. The molecule has 0 radical (unpaired) electrons. The van der Waals surface area contributed by atoms with E-state index in [1.807, 2.05) is 103 Å². The summed E-state index contributed by atoms with van der Waals surface area (Å²) in [5.74, 6) is 2.97. The summed E-state index contributed by atoms with van der Waals surface area (Å²) < 4.78 is 4.66. The average molecular weight is 1090 g/mol. The van der Waals surface area contributed by atoms with E-state index in [-0.39, 0.29) is 5.28 Å². The quantitative estimate of drug-likeness (QED) is 0.143. The Bertz CT molecular complexity index is 4780. The van der Waals surface area contributed by atoms with E-state index >= 15 is 0 Å². The Morgan fingerprint density at radius 2 is 0.500 bits per heavy atom. The van der Waals surface area contributed by atoms with Crippen LogP contribution < -0.4 is 0 Å². The fourth-order valence-corrected chi connectivity index (χ4v) is 11.1. The van der Waals surface area contributed by atoms with Gasteiger partial charge in [0.15, 0.2) is 29.1 Å². The molecule has 4 heterocycles. The smallest absolute Gasteiger partial charge is 0.226 e. The minimum Gasteiger partial charge on any atom is -0.309 e. The first kappa shape index (κ1) is 49.9. The van der Waals surface area contributed by atoms with Gasteiger partial charge in [-0.05, 0) is 119 Å². The molecule has 0 fully saturated rings. The number of hydrogen-bond acceptors (Lipinski definition) is 6. The van der Waals surface area contributed by atoms with Crippen molar-refractivity contribution in [2.45, 2.75) is 0 Å². The fourth-order valence-electron chi connectivity index (χ4n) is 10.8. The van der Waals surface area contributed by atoms with E-state index < -0.39 is 0 Å². The molecule has 15 rings (SSSR count). The standard InChI is InChI=1S/C39H25ClN4.C33H21ClN4/c40-31-22-19-29(20-23-31)39-42-37(27-9-3-1-4-10-27)41-38(43-39)28-17-15-26(16-18-28)30-21-24-36-34(25-30)33-13-7-8-14-35(33)44(36)32-11-5-2-6-12-32;34-33-36-31(23-9-3-1-4-10-23)35-32(37-33)24-17-15-22(16-18-24)25-19-20-30-28(21-25)27-13-7-8-14-29(27)38(30)26-11-5-2-6-12-26/h1-25H;1-21H. The van der Waals surface area contributed by atoms with Crippen LogP contribution in [0.5, 0.6) is 0 Å². The van der Waals surface area contributed by atoms with Crippen LogP contribution in [0.1, 0.15) is 0 Å². The van der Waals surface area contributed by atoms with Gasteiger partial charge in [-0.25, -0.2) is 19.9 Å². The molecule has 0 amide bonds. The second kappa shape index (κ2) is 21.7. The zero-order valence-electron chi connectivity index (χ0n) is 43.9. The number of rotatable bonds is 9. The summed E-state index contributed by atoms with van der Waals surface area (Å²) in [6.45, 7) is 0. The van der Waals surface area contributed by atoms with Gasteiger partial charge < -0.3 is 9.13 Å². The summed E-state index contributed by atoms with van der Waals surface area (Å²) in [5.41, 5.74) is 16.2. The highest BCUT2D eigenvalue weighted by atomic mass is 35.5. The van der Waals surface area contributed by atoms with Crippen LogP contribution in [-0.2, 0) is 0 Å². The van der Waals surface area contributed by atoms with Crippen molar-refractivity contribution in [3.63, 3.8) is 0 Å². The number of nitrogens with zero attached hydrogens (tertiary/aromatic N) is 8. The van der Waals surface area contributed by atoms with E-state index in [4.69, 9.17) is 38.2 Å². The third-order valence-corrected chi connectivity index (χ3v) is 15.2. The van der Waals surface area contributed by atoms with E-state index in [9.17, 15) is 0 Å². The molecule has 0 bridgehead atoms. The highest BCUT2D eigenvalue weighted by Gasteiger charge is 2.17. The largest absolute Gasteiger partial charge is 0.309 e. The second-order valence-corrected chi connectivity index (χ2v) is 20.6. The lowest BCUT2D eigenvalue weighted by atomic mass is 10.0. The van der Waals surface area contributed by atoms with E-state index in [2.05, 4.69) is 200 Å². The van der Waals surface area contributed by atoms with Crippen molar-refractivity contribution in [3.8, 4) is 90.6 Å². The van der Waals surface area contributed by atoms with Crippen LogP contribution >= 0.6 is 23.2 Å². The Labute approximate surface area is 482 Å². The normalized spacial score (nSPS) is 11.3. The van der Waals surface area contributed by atoms with E-state index in [1.165, 1.54) is 43.6 Å². The number of para-hydroxylation sites is 4. The molecule has 0 unspecified atom stereocenters. The molecule has 11 aromatic carbocycles. The summed E-state index contributed by atoms with van der Waals surface area (Å²) in [7, 11) is 0. The van der Waals surface area contributed by atoms with Crippen LogP contribution in [0.15, 0.2) is 279 Å². The number of aromatic nitrogens is 8. The zero-order chi connectivity index (χ0) is 54.9. The molecule has 0 spiro atoms. The first-order valence-electron chi connectivity index (χ1n) is 26.9. The van der Waals surface area contributed by atoms with Crippen molar-refractivity contribution in [1.82, 2.24) is 39.0 Å². The van der Waals surface area contributed by atoms with Crippen molar-refractivity contribution >= 4 is 66.8 Å². The van der Waals surface area contributed by atoms with Gasteiger partial charge in [0.2, 0.25) is 5.28 Å². The molecule has 0 saturated carbocycles. The van der Waals surface area contributed by atoms with E-state index in [1.54, 1.807) is 0 Å². The fraction of sp³-hybridized carbons (Fsp3) is 0. The Balaban J connectivity index is 0.000000148. The topological polar surface area (TPSA) is 87.2 Å². The van der Waals surface area contributed by atoms with Gasteiger partial charge in [-0.15, -0.1) is 0 Å². The Kier molecular flexibility index (Phi) is 13.2. The zero-order valence-corrected chi connectivity index (χ0v) is 45.4. The van der Waals surface area contributed by atoms with Gasteiger partial charge in [0.1, 0.15) is 0 Å². The molecule has 0 aliphatic rings. The second-order valence-electron chi connectivity index (χ2n) is 19.8. The van der Waals surface area contributed by atoms with Crippen LogP contribution in [0.25, 0.3) is 134 Å². The average Bonchev–Trinajstić information content (AvgIpc) is 4.26. The first-order valence-corrected chi connectivity index (χ1v) is 27.6. The maximum Gasteiger partial charge on any atom is 0.226 e. The third kappa shape index (κ3) is 9.72. The number of hydrogen-bond donors (Lipinski definition) is 0. The molecule has 0 saturated heterocycles. The van der Waals surface area contributed by atoms with Crippen LogP contribution in [0.3, 0.4) is 0 Å². The summed E-state index contributed by atoms with van der Waals surface area (Å²) in [6, 6.07) is 95.7. The maximum absolute atomic E-state index is 6.26. The minimum atomic E-state index is 0.179. The van der Waals surface area contributed by atoms with Gasteiger partial charge in [-0.3, -0.25) is 0 Å². The minimum absolute atomic E-state index is 0.179. The third-order valence-electron chi connectivity index (χ3n) is 14.7. The van der Waals surface area contributed by atoms with Crippen LogP contribution in [0, 0.1) is 0 Å². The lowest BCUT2D eigenvalue weighted by Gasteiger charge is -2.10. The molecule has 0 N–H and O–H groups in total. The molecule has 15 aromatic rings. The summed E-state index contributed by atoms with van der Waals surface area (Å²) in [6.07, 6.45) is 0. The van der Waals surface area contributed by atoms with Crippen LogP contribution in [0.4, 0.5) is 0 Å². The molecule has 10 heteroatoms. The summed E-state index contributed by atoms with van der Waals surface area (Å²) in [5, 5.41) is 5.77. The Hall–Kier alpha value is -10.4. The van der Waals surface area contributed by atoms with E-state index in [0.29, 0.717) is 34.1 Å². The lowest BCUT2D eigenvalue weighted by molar-refractivity contribution is 1.07. The van der Waals surface area contributed by atoms with Crippen molar-refractivity contribution in [2.75, 3.05) is 0 Å². The molecule has 8 nitrogen and oxygen atoms in total. The predicted molar refractivity (Wildman–Crippen MR) is 336 cm³/mol. The van der Waals surface area contributed by atoms with Gasteiger partial charge in [0.25, 0.3) is 0 Å². The highest BCUT2D eigenvalue weighted by molar-refractivity contribution is 6.30. The van der Waals surface area contributed by atoms with E-state index in [0.717, 1.165) is 61.4 Å².